The van der Waals surface area contributed by atoms with Gasteiger partial charge in [-0.15, -0.1) is 0 Å². The molecule has 33 heavy (non-hydrogen) atoms. The Balaban J connectivity index is 2.14. The van der Waals surface area contributed by atoms with Crippen molar-refractivity contribution in [1.82, 2.24) is 14.7 Å². The highest BCUT2D eigenvalue weighted by Crippen LogP contribution is 2.38. The summed E-state index contributed by atoms with van der Waals surface area (Å²) < 4.78 is 48.7. The first kappa shape index (κ1) is 24.2. The monoisotopic (exact) mass is 460 g/mol. The third-order valence-electron chi connectivity index (χ3n) is 5.18. The molecule has 1 aromatic heterocycles. The summed E-state index contributed by atoms with van der Waals surface area (Å²) in [5.41, 5.74) is -0.257. The van der Waals surface area contributed by atoms with Crippen LogP contribution in [0.25, 0.3) is 5.69 Å². The number of para-hydroxylation sites is 1. The smallest absolute Gasteiger partial charge is 0.435 e. The number of carbonyl (C=O) groups is 1. The van der Waals surface area contributed by atoms with Crippen molar-refractivity contribution in [3.05, 3.63) is 71.4 Å². The maximum Gasteiger partial charge on any atom is 0.435 e. The number of carbonyl (C=O) groups excluding carboxylic acids is 1. The predicted molar refractivity (Wildman–Crippen MR) is 121 cm³/mol. The summed E-state index contributed by atoms with van der Waals surface area (Å²) in [6.07, 6.45) is -4.69. The number of anilines is 1. The number of rotatable bonds is 7. The van der Waals surface area contributed by atoms with Crippen molar-refractivity contribution in [2.24, 2.45) is 0 Å². The quantitative estimate of drug-likeness (QED) is 0.497. The third-order valence-corrected chi connectivity index (χ3v) is 5.18. The van der Waals surface area contributed by atoms with Crippen LogP contribution in [0.3, 0.4) is 0 Å². The van der Waals surface area contributed by atoms with Crippen LogP contribution in [0.1, 0.15) is 35.5 Å². The third kappa shape index (κ3) is 5.13. The van der Waals surface area contributed by atoms with Crippen molar-refractivity contribution in [3.63, 3.8) is 0 Å². The fraction of sp³-hybridized carbons (Fsp3) is 0.333. The fourth-order valence-corrected chi connectivity index (χ4v) is 3.60. The van der Waals surface area contributed by atoms with Crippen molar-refractivity contribution in [1.29, 1.82) is 0 Å². The number of benzene rings is 2. The predicted octanol–water partition coefficient (Wildman–Crippen LogP) is 5.02. The second-order valence-corrected chi connectivity index (χ2v) is 8.05. The maximum atomic E-state index is 14.1. The number of ether oxygens (including phenoxy) is 1. The molecule has 0 aliphatic rings. The van der Waals surface area contributed by atoms with E-state index >= 15 is 0 Å². The molecule has 0 unspecified atom stereocenters. The summed E-state index contributed by atoms with van der Waals surface area (Å²) in [5.74, 6) is 0.359. The molecule has 3 aromatic rings. The van der Waals surface area contributed by atoms with E-state index in [1.807, 2.05) is 0 Å². The Morgan fingerprint density at radius 1 is 1.09 bits per heavy atom. The van der Waals surface area contributed by atoms with Crippen molar-refractivity contribution >= 4 is 11.7 Å². The Kier molecular flexibility index (Phi) is 7.00. The summed E-state index contributed by atoms with van der Waals surface area (Å²) in [6.45, 7) is 3.27. The Labute approximate surface area is 191 Å². The first-order valence-corrected chi connectivity index (χ1v) is 10.4. The molecule has 9 heteroatoms. The molecule has 0 spiro atoms. The van der Waals surface area contributed by atoms with Crippen molar-refractivity contribution < 1.29 is 22.7 Å². The number of hydrogen-bond acceptors (Lipinski definition) is 4. The van der Waals surface area contributed by atoms with Gasteiger partial charge in [0.05, 0.1) is 19.3 Å². The minimum Gasteiger partial charge on any atom is -0.497 e. The topological polar surface area (TPSA) is 50.6 Å². The van der Waals surface area contributed by atoms with E-state index < -0.39 is 17.8 Å². The lowest BCUT2D eigenvalue weighted by Crippen LogP contribution is -2.37. The van der Waals surface area contributed by atoms with Gasteiger partial charge in [0, 0.05) is 31.3 Å². The standard InChI is InChI=1S/C24H27F3N4O2/c1-16(2)30(23(32)17-10-9-13-19(14-17)33-5)15-20-21(24(25,26)27)28-31(22(20)29(3)4)18-11-7-6-8-12-18/h6-14,16H,15H2,1-5H3. The molecular formula is C24H27F3N4O2. The fourth-order valence-electron chi connectivity index (χ4n) is 3.60. The van der Waals surface area contributed by atoms with Gasteiger partial charge in [-0.3, -0.25) is 4.79 Å². The Morgan fingerprint density at radius 2 is 1.76 bits per heavy atom. The average molecular weight is 461 g/mol. The molecule has 2 aromatic carbocycles. The van der Waals surface area contributed by atoms with E-state index in [1.54, 1.807) is 87.4 Å². The summed E-state index contributed by atoms with van der Waals surface area (Å²) in [7, 11) is 4.80. The number of alkyl halides is 3. The van der Waals surface area contributed by atoms with Gasteiger partial charge in [0.2, 0.25) is 0 Å². The maximum absolute atomic E-state index is 14.1. The molecule has 3 rings (SSSR count). The first-order valence-electron chi connectivity index (χ1n) is 10.4. The van der Waals surface area contributed by atoms with Gasteiger partial charge in [0.1, 0.15) is 11.6 Å². The first-order chi connectivity index (χ1) is 15.5. The molecule has 6 nitrogen and oxygen atoms in total. The molecule has 1 heterocycles. The zero-order chi connectivity index (χ0) is 24.3. The van der Waals surface area contributed by atoms with Crippen LogP contribution in [0.2, 0.25) is 0 Å². The Bertz CT molecular complexity index is 1110. The van der Waals surface area contributed by atoms with E-state index in [-0.39, 0.29) is 24.0 Å². The molecule has 0 N–H and O–H groups in total. The van der Waals surface area contributed by atoms with Gasteiger partial charge in [0.25, 0.3) is 5.91 Å². The Hall–Kier alpha value is -3.49. The number of hydrogen-bond donors (Lipinski definition) is 0. The summed E-state index contributed by atoms with van der Waals surface area (Å²) in [6, 6.07) is 14.8. The Morgan fingerprint density at radius 3 is 2.30 bits per heavy atom. The normalized spacial score (nSPS) is 11.5. The molecule has 0 saturated heterocycles. The van der Waals surface area contributed by atoms with E-state index in [0.29, 0.717) is 17.0 Å². The van der Waals surface area contributed by atoms with Crippen LogP contribution in [-0.4, -0.2) is 47.8 Å². The van der Waals surface area contributed by atoms with Crippen LogP contribution in [0, 0.1) is 0 Å². The summed E-state index contributed by atoms with van der Waals surface area (Å²) in [4.78, 5) is 16.3. The molecular weight excluding hydrogens is 433 g/mol. The lowest BCUT2D eigenvalue weighted by atomic mass is 10.1. The highest BCUT2D eigenvalue weighted by atomic mass is 19.4. The lowest BCUT2D eigenvalue weighted by Gasteiger charge is -2.28. The number of halogens is 3. The van der Waals surface area contributed by atoms with Crippen molar-refractivity contribution in [2.45, 2.75) is 32.6 Å². The molecule has 0 radical (unpaired) electrons. The van der Waals surface area contributed by atoms with Crippen LogP contribution in [0.4, 0.5) is 19.0 Å². The van der Waals surface area contributed by atoms with E-state index in [0.717, 1.165) is 0 Å². The minimum absolute atomic E-state index is 0.0682. The highest BCUT2D eigenvalue weighted by Gasteiger charge is 2.41. The van der Waals surface area contributed by atoms with Crippen LogP contribution < -0.4 is 9.64 Å². The zero-order valence-electron chi connectivity index (χ0n) is 19.2. The molecule has 0 atom stereocenters. The van der Waals surface area contributed by atoms with Gasteiger partial charge in [0.15, 0.2) is 5.69 Å². The van der Waals surface area contributed by atoms with Gasteiger partial charge in [-0.05, 0) is 44.2 Å². The van der Waals surface area contributed by atoms with Gasteiger partial charge in [-0.25, -0.2) is 4.68 Å². The van der Waals surface area contributed by atoms with Crippen LogP contribution in [0.15, 0.2) is 54.6 Å². The zero-order valence-corrected chi connectivity index (χ0v) is 19.2. The van der Waals surface area contributed by atoms with Gasteiger partial charge in [-0.1, -0.05) is 24.3 Å². The number of amides is 1. The molecule has 0 aliphatic heterocycles. The largest absolute Gasteiger partial charge is 0.497 e. The number of methoxy groups -OCH3 is 1. The molecule has 176 valence electrons. The van der Waals surface area contributed by atoms with Crippen LogP contribution >= 0.6 is 0 Å². The number of nitrogens with zero attached hydrogens (tertiary/aromatic N) is 4. The van der Waals surface area contributed by atoms with Gasteiger partial charge < -0.3 is 14.5 Å². The van der Waals surface area contributed by atoms with Gasteiger partial charge >= 0.3 is 6.18 Å². The number of aromatic nitrogens is 2. The average Bonchev–Trinajstić information content (AvgIpc) is 3.17. The SMILES string of the molecule is COc1cccc(C(=O)N(Cc2c(C(F)(F)F)nn(-c3ccccc3)c2N(C)C)C(C)C)c1. The van der Waals surface area contributed by atoms with E-state index in [9.17, 15) is 18.0 Å². The van der Waals surface area contributed by atoms with E-state index in [2.05, 4.69) is 5.10 Å². The van der Waals surface area contributed by atoms with Crippen molar-refractivity contribution in [3.8, 4) is 11.4 Å². The molecule has 1 amide bonds. The van der Waals surface area contributed by atoms with Gasteiger partial charge in [-0.2, -0.15) is 18.3 Å². The molecule has 0 fully saturated rings. The minimum atomic E-state index is -4.69. The molecule has 0 saturated carbocycles. The van der Waals surface area contributed by atoms with Crippen LogP contribution in [-0.2, 0) is 12.7 Å². The van der Waals surface area contributed by atoms with E-state index in [4.69, 9.17) is 4.74 Å². The van der Waals surface area contributed by atoms with Crippen LogP contribution in [0.5, 0.6) is 5.75 Å². The lowest BCUT2D eigenvalue weighted by molar-refractivity contribution is -0.142. The molecule has 0 bridgehead atoms. The molecule has 0 aliphatic carbocycles. The summed E-state index contributed by atoms with van der Waals surface area (Å²) in [5, 5.41) is 3.94. The van der Waals surface area contributed by atoms with Crippen molar-refractivity contribution in [2.75, 3.05) is 26.1 Å². The summed E-state index contributed by atoms with van der Waals surface area (Å²) >= 11 is 0. The highest BCUT2D eigenvalue weighted by molar-refractivity contribution is 5.94. The second kappa shape index (κ2) is 9.56. The second-order valence-electron chi connectivity index (χ2n) is 8.05. The van der Waals surface area contributed by atoms with E-state index in [1.165, 1.54) is 16.7 Å².